The molecule has 0 bridgehead atoms. The molecule has 2 rings (SSSR count). The van der Waals surface area contributed by atoms with E-state index >= 15 is 0 Å². The fourth-order valence-corrected chi connectivity index (χ4v) is 3.47. The molecule has 0 aliphatic rings. The second kappa shape index (κ2) is 14.1. The van der Waals surface area contributed by atoms with Gasteiger partial charge in [0.2, 0.25) is 0 Å². The third kappa shape index (κ3) is 8.72. The summed E-state index contributed by atoms with van der Waals surface area (Å²) in [7, 11) is 0. The van der Waals surface area contributed by atoms with Crippen LogP contribution in [-0.2, 0) is 14.3 Å². The second-order valence-corrected chi connectivity index (χ2v) is 8.20. The van der Waals surface area contributed by atoms with Crippen LogP contribution in [0.4, 0.5) is 5.82 Å². The Kier molecular flexibility index (Phi) is 11.1. The molecule has 0 fully saturated rings. The zero-order chi connectivity index (χ0) is 24.1. The van der Waals surface area contributed by atoms with Gasteiger partial charge in [-0.15, -0.1) is 0 Å². The molecule has 0 radical (unpaired) electrons. The predicted molar refractivity (Wildman–Crippen MR) is 131 cm³/mol. The lowest BCUT2D eigenvalue weighted by molar-refractivity contribution is -0.155. The van der Waals surface area contributed by atoms with Gasteiger partial charge in [-0.25, -0.2) is 0 Å². The third-order valence-corrected chi connectivity index (χ3v) is 5.27. The molecule has 1 amide bonds. The molecule has 6 heteroatoms. The maximum Gasteiger partial charge on any atom is 0.318 e. The van der Waals surface area contributed by atoms with Gasteiger partial charge in [-0.2, -0.15) is 0 Å². The zero-order valence-electron chi connectivity index (χ0n) is 20.2. The van der Waals surface area contributed by atoms with E-state index in [1.54, 1.807) is 13.0 Å². The van der Waals surface area contributed by atoms with Gasteiger partial charge in [0.1, 0.15) is 11.7 Å². The minimum atomic E-state index is -0.907. The van der Waals surface area contributed by atoms with Crippen LogP contribution in [0.1, 0.15) is 76.5 Å². The lowest BCUT2D eigenvalue weighted by Crippen LogP contribution is -2.34. The molecule has 33 heavy (non-hydrogen) atoms. The van der Waals surface area contributed by atoms with Gasteiger partial charge < -0.3 is 14.6 Å². The molecule has 2 unspecified atom stereocenters. The fraction of sp³-hybridized carbons (Fsp3) is 0.444. The van der Waals surface area contributed by atoms with Crippen molar-refractivity contribution in [2.75, 3.05) is 5.32 Å². The highest BCUT2D eigenvalue weighted by Crippen LogP contribution is 2.27. The first-order chi connectivity index (χ1) is 16.0. The second-order valence-electron chi connectivity index (χ2n) is 8.20. The molecule has 2 aromatic rings. The van der Waals surface area contributed by atoms with Gasteiger partial charge in [-0.05, 0) is 38.7 Å². The number of carbonyl (C=O) groups excluding carboxylic acids is 2. The van der Waals surface area contributed by atoms with Crippen molar-refractivity contribution in [1.82, 2.24) is 5.16 Å². The van der Waals surface area contributed by atoms with Crippen LogP contribution in [0.2, 0.25) is 0 Å². The number of benzene rings is 1. The summed E-state index contributed by atoms with van der Waals surface area (Å²) in [5.41, 5.74) is 1.69. The Hall–Kier alpha value is -3.15. The first-order valence-corrected chi connectivity index (χ1v) is 11.8. The fourth-order valence-electron chi connectivity index (χ4n) is 3.47. The SMILES string of the molecule is CCC/C=C\C=C(/C)C(C(=O)OC(CCCCC)C(=O)Nc1cc(C)on1)c1ccccc1. The van der Waals surface area contributed by atoms with Gasteiger partial charge in [0.05, 0.1) is 0 Å². The van der Waals surface area contributed by atoms with E-state index in [0.717, 1.165) is 43.2 Å². The number of rotatable bonds is 13. The van der Waals surface area contributed by atoms with Crippen molar-refractivity contribution in [1.29, 1.82) is 0 Å². The van der Waals surface area contributed by atoms with Gasteiger partial charge >= 0.3 is 5.97 Å². The van der Waals surface area contributed by atoms with Crippen LogP contribution in [0.5, 0.6) is 0 Å². The summed E-state index contributed by atoms with van der Waals surface area (Å²) >= 11 is 0. The monoisotopic (exact) mass is 452 g/mol. The number of aryl methyl sites for hydroxylation is 1. The summed E-state index contributed by atoms with van der Waals surface area (Å²) in [6, 6.07) is 11.1. The van der Waals surface area contributed by atoms with E-state index < -0.39 is 23.9 Å². The Morgan fingerprint density at radius 3 is 2.55 bits per heavy atom. The average molecular weight is 453 g/mol. The van der Waals surface area contributed by atoms with Crippen LogP contribution >= 0.6 is 0 Å². The molecular weight excluding hydrogens is 416 g/mol. The maximum atomic E-state index is 13.4. The van der Waals surface area contributed by atoms with Crippen molar-refractivity contribution in [3.63, 3.8) is 0 Å². The number of hydrogen-bond acceptors (Lipinski definition) is 5. The van der Waals surface area contributed by atoms with Crippen molar-refractivity contribution in [2.24, 2.45) is 0 Å². The van der Waals surface area contributed by atoms with Gasteiger partial charge in [0.25, 0.3) is 5.91 Å². The molecule has 6 nitrogen and oxygen atoms in total. The summed E-state index contributed by atoms with van der Waals surface area (Å²) in [6.45, 7) is 7.87. The molecule has 0 aliphatic heterocycles. The van der Waals surface area contributed by atoms with Crippen molar-refractivity contribution in [3.05, 3.63) is 71.5 Å². The number of amides is 1. The molecule has 1 heterocycles. The number of carbonyl (C=O) groups is 2. The Balaban J connectivity index is 2.23. The van der Waals surface area contributed by atoms with E-state index in [9.17, 15) is 9.59 Å². The highest BCUT2D eigenvalue weighted by molar-refractivity contribution is 5.95. The quantitative estimate of drug-likeness (QED) is 0.213. The van der Waals surface area contributed by atoms with Crippen LogP contribution in [0.15, 0.2) is 64.7 Å². The molecule has 2 atom stereocenters. The molecule has 1 aromatic carbocycles. The Labute approximate surface area is 197 Å². The van der Waals surface area contributed by atoms with Gasteiger partial charge in [-0.1, -0.05) is 92.4 Å². The summed E-state index contributed by atoms with van der Waals surface area (Å²) in [6.07, 6.45) is 10.3. The van der Waals surface area contributed by atoms with E-state index in [0.29, 0.717) is 18.0 Å². The number of aromatic nitrogens is 1. The molecule has 0 aliphatic carbocycles. The molecular formula is C27H36N2O4. The van der Waals surface area contributed by atoms with Gasteiger partial charge in [0.15, 0.2) is 11.9 Å². The molecule has 1 N–H and O–H groups in total. The predicted octanol–water partition coefficient (Wildman–Crippen LogP) is 6.50. The van der Waals surface area contributed by atoms with Gasteiger partial charge in [0, 0.05) is 6.07 Å². The molecule has 0 saturated heterocycles. The van der Waals surface area contributed by atoms with E-state index in [1.165, 1.54) is 0 Å². The minimum Gasteiger partial charge on any atom is -0.452 e. The first kappa shape index (κ1) is 26.1. The largest absolute Gasteiger partial charge is 0.452 e. The maximum absolute atomic E-state index is 13.4. The van der Waals surface area contributed by atoms with E-state index in [2.05, 4.69) is 30.4 Å². The highest BCUT2D eigenvalue weighted by Gasteiger charge is 2.30. The summed E-state index contributed by atoms with van der Waals surface area (Å²) in [5.74, 6) is -0.527. The topological polar surface area (TPSA) is 81.4 Å². The van der Waals surface area contributed by atoms with E-state index in [-0.39, 0.29) is 0 Å². The van der Waals surface area contributed by atoms with Crippen LogP contribution in [0.3, 0.4) is 0 Å². The normalized spacial score (nSPS) is 13.6. The van der Waals surface area contributed by atoms with Crippen LogP contribution in [-0.4, -0.2) is 23.1 Å². The molecule has 0 spiro atoms. The van der Waals surface area contributed by atoms with E-state index in [4.69, 9.17) is 9.26 Å². The molecule has 0 saturated carbocycles. The number of nitrogens with zero attached hydrogens (tertiary/aromatic N) is 1. The Bertz CT molecular complexity index is 931. The van der Waals surface area contributed by atoms with Crippen molar-refractivity contribution in [2.45, 2.75) is 78.2 Å². The summed E-state index contributed by atoms with van der Waals surface area (Å²) in [4.78, 5) is 26.3. The number of hydrogen-bond donors (Lipinski definition) is 1. The number of nitrogens with one attached hydrogen (secondary N) is 1. The number of ether oxygens (including phenoxy) is 1. The first-order valence-electron chi connectivity index (χ1n) is 11.8. The Morgan fingerprint density at radius 1 is 1.15 bits per heavy atom. The number of anilines is 1. The number of allylic oxidation sites excluding steroid dienone is 3. The van der Waals surface area contributed by atoms with Crippen LogP contribution < -0.4 is 5.32 Å². The smallest absolute Gasteiger partial charge is 0.318 e. The third-order valence-electron chi connectivity index (χ3n) is 5.27. The number of esters is 1. The van der Waals surface area contributed by atoms with Crippen molar-refractivity contribution < 1.29 is 18.8 Å². The van der Waals surface area contributed by atoms with Crippen molar-refractivity contribution >= 4 is 17.7 Å². The van der Waals surface area contributed by atoms with Crippen LogP contribution in [0, 0.1) is 6.92 Å². The minimum absolute atomic E-state index is 0.311. The van der Waals surface area contributed by atoms with E-state index in [1.807, 2.05) is 49.4 Å². The average Bonchev–Trinajstić information content (AvgIpc) is 3.21. The zero-order valence-corrected chi connectivity index (χ0v) is 20.2. The summed E-state index contributed by atoms with van der Waals surface area (Å²) in [5, 5.41) is 6.51. The van der Waals surface area contributed by atoms with Crippen molar-refractivity contribution in [3.8, 4) is 0 Å². The van der Waals surface area contributed by atoms with Gasteiger partial charge in [-0.3, -0.25) is 9.59 Å². The highest BCUT2D eigenvalue weighted by atomic mass is 16.5. The van der Waals surface area contributed by atoms with Crippen LogP contribution in [0.25, 0.3) is 0 Å². The Morgan fingerprint density at radius 2 is 1.91 bits per heavy atom. The lowest BCUT2D eigenvalue weighted by Gasteiger charge is -2.22. The summed E-state index contributed by atoms with van der Waals surface area (Å²) < 4.78 is 10.8. The molecule has 1 aromatic heterocycles. The lowest BCUT2D eigenvalue weighted by atomic mass is 9.91. The molecule has 178 valence electrons. The number of unbranched alkanes of at least 4 members (excludes halogenated alkanes) is 3. The standard InChI is InChI=1S/C27H36N2O4/c1-5-7-9-12-15-20(3)25(22-16-13-10-14-17-22)27(31)32-23(18-11-8-6-2)26(30)28-24-19-21(4)33-29-24/h9-10,12-17,19,23,25H,5-8,11,18H2,1-4H3,(H,28,29,30)/b12-9-,20-15+.